The first-order chi connectivity index (χ1) is 12.8. The van der Waals surface area contributed by atoms with Crippen LogP contribution in [0.5, 0.6) is 0 Å². The smallest absolute Gasteiger partial charge is 0.191 e. The van der Waals surface area contributed by atoms with E-state index in [0.717, 1.165) is 57.5 Å². The maximum Gasteiger partial charge on any atom is 0.191 e. The zero-order valence-corrected chi connectivity index (χ0v) is 16.8. The van der Waals surface area contributed by atoms with Crippen molar-refractivity contribution in [2.45, 2.75) is 46.1 Å². The molecule has 0 amide bonds. The highest BCUT2D eigenvalue weighted by molar-refractivity contribution is 5.79. The van der Waals surface area contributed by atoms with Crippen LogP contribution in [-0.4, -0.2) is 68.1 Å². The van der Waals surface area contributed by atoms with Crippen LogP contribution < -0.4 is 10.6 Å². The quantitative estimate of drug-likeness (QED) is 0.494. The maximum atomic E-state index is 5.72. The second kappa shape index (κ2) is 12.0. The minimum absolute atomic E-state index is 0.225. The van der Waals surface area contributed by atoms with Gasteiger partial charge in [0.25, 0.3) is 0 Å². The lowest BCUT2D eigenvalue weighted by atomic mass is 10.1. The molecule has 1 aliphatic rings. The number of piperidine rings is 1. The molecule has 1 fully saturated rings. The van der Waals surface area contributed by atoms with Crippen molar-refractivity contribution in [2.24, 2.45) is 4.99 Å². The molecule has 0 aromatic carbocycles. The van der Waals surface area contributed by atoms with E-state index in [2.05, 4.69) is 47.3 Å². The van der Waals surface area contributed by atoms with Gasteiger partial charge in [0.15, 0.2) is 5.96 Å². The molecule has 2 N–H and O–H groups in total. The van der Waals surface area contributed by atoms with Gasteiger partial charge >= 0.3 is 0 Å². The number of hydrogen-bond acceptors (Lipinski definition) is 4. The largest absolute Gasteiger partial charge is 0.468 e. The number of likely N-dealkylation sites (N-methyl/N-ethyl adjacent to an activating group) is 1. The fourth-order valence-electron chi connectivity index (χ4n) is 3.49. The second-order valence-corrected chi connectivity index (χ2v) is 6.80. The number of rotatable bonds is 10. The molecule has 1 unspecified atom stereocenters. The zero-order chi connectivity index (χ0) is 18.6. The van der Waals surface area contributed by atoms with Crippen molar-refractivity contribution in [1.29, 1.82) is 0 Å². The van der Waals surface area contributed by atoms with Gasteiger partial charge in [-0.2, -0.15) is 0 Å². The standard InChI is InChI=1S/C20H37N5O/c1-4-21-20(22-12-15-24(5-2)6-3)23-17-18(19-11-10-16-26-19)25-13-8-7-9-14-25/h10-11,16,18H,4-9,12-15,17H2,1-3H3,(H2,21,22,23). The molecule has 1 aromatic rings. The summed E-state index contributed by atoms with van der Waals surface area (Å²) in [5.41, 5.74) is 0. The zero-order valence-electron chi connectivity index (χ0n) is 16.8. The Balaban J connectivity index is 1.96. The number of furan rings is 1. The summed E-state index contributed by atoms with van der Waals surface area (Å²) in [4.78, 5) is 9.80. The van der Waals surface area contributed by atoms with Crippen LogP contribution in [-0.2, 0) is 0 Å². The van der Waals surface area contributed by atoms with Gasteiger partial charge in [-0.25, -0.2) is 0 Å². The van der Waals surface area contributed by atoms with Crippen LogP contribution in [0, 0.1) is 0 Å². The summed E-state index contributed by atoms with van der Waals surface area (Å²) in [6, 6.07) is 4.28. The van der Waals surface area contributed by atoms with E-state index >= 15 is 0 Å². The Labute approximate surface area is 159 Å². The summed E-state index contributed by atoms with van der Waals surface area (Å²) in [5, 5.41) is 6.84. The van der Waals surface area contributed by atoms with E-state index in [1.807, 2.05) is 6.07 Å². The Bertz CT molecular complexity index is 492. The molecule has 0 saturated carbocycles. The minimum atomic E-state index is 0.225. The molecule has 26 heavy (non-hydrogen) atoms. The number of guanidine groups is 1. The number of nitrogens with one attached hydrogen (secondary N) is 2. The molecule has 1 atom stereocenters. The Morgan fingerprint density at radius 3 is 2.58 bits per heavy atom. The predicted molar refractivity (Wildman–Crippen MR) is 109 cm³/mol. The normalized spacial score (nSPS) is 17.5. The molecule has 0 spiro atoms. The van der Waals surface area contributed by atoms with E-state index < -0.39 is 0 Å². The average Bonchev–Trinajstić information content (AvgIpc) is 3.20. The van der Waals surface area contributed by atoms with Crippen molar-refractivity contribution in [1.82, 2.24) is 20.4 Å². The Kier molecular flexibility index (Phi) is 9.56. The van der Waals surface area contributed by atoms with Gasteiger partial charge in [-0.1, -0.05) is 20.3 Å². The van der Waals surface area contributed by atoms with Gasteiger partial charge in [-0.05, 0) is 58.1 Å². The number of likely N-dealkylation sites (tertiary alicyclic amines) is 1. The summed E-state index contributed by atoms with van der Waals surface area (Å²) < 4.78 is 5.72. The molecule has 2 rings (SSSR count). The van der Waals surface area contributed by atoms with Crippen LogP contribution in [0.1, 0.15) is 51.8 Å². The number of nitrogens with zero attached hydrogens (tertiary/aromatic N) is 3. The second-order valence-electron chi connectivity index (χ2n) is 6.80. The summed E-state index contributed by atoms with van der Waals surface area (Å²) in [7, 11) is 0. The summed E-state index contributed by atoms with van der Waals surface area (Å²) in [6.07, 6.45) is 5.63. The van der Waals surface area contributed by atoms with Crippen molar-refractivity contribution in [2.75, 3.05) is 52.4 Å². The van der Waals surface area contributed by atoms with Crippen molar-refractivity contribution in [3.63, 3.8) is 0 Å². The van der Waals surface area contributed by atoms with Crippen LogP contribution >= 0.6 is 0 Å². The lowest BCUT2D eigenvalue weighted by Gasteiger charge is -2.32. The van der Waals surface area contributed by atoms with E-state index in [4.69, 9.17) is 9.41 Å². The van der Waals surface area contributed by atoms with E-state index in [-0.39, 0.29) is 6.04 Å². The van der Waals surface area contributed by atoms with Crippen LogP contribution in [0.4, 0.5) is 0 Å². The molecule has 6 heteroatoms. The first-order valence-corrected chi connectivity index (χ1v) is 10.3. The molecule has 1 aliphatic heterocycles. The highest BCUT2D eigenvalue weighted by atomic mass is 16.3. The van der Waals surface area contributed by atoms with Crippen molar-refractivity contribution >= 4 is 5.96 Å². The lowest BCUT2D eigenvalue weighted by Crippen LogP contribution is -2.42. The highest BCUT2D eigenvalue weighted by Crippen LogP contribution is 2.25. The fourth-order valence-corrected chi connectivity index (χ4v) is 3.49. The van der Waals surface area contributed by atoms with Gasteiger partial charge in [-0.15, -0.1) is 0 Å². The van der Waals surface area contributed by atoms with E-state index in [1.165, 1.54) is 19.3 Å². The highest BCUT2D eigenvalue weighted by Gasteiger charge is 2.24. The minimum Gasteiger partial charge on any atom is -0.468 e. The summed E-state index contributed by atoms with van der Waals surface area (Å²) in [6.45, 7) is 14.5. The third kappa shape index (κ3) is 6.65. The van der Waals surface area contributed by atoms with Crippen molar-refractivity contribution in [3.8, 4) is 0 Å². The molecule has 1 aromatic heterocycles. The van der Waals surface area contributed by atoms with E-state index in [1.54, 1.807) is 6.26 Å². The number of hydrogen-bond donors (Lipinski definition) is 2. The first-order valence-electron chi connectivity index (χ1n) is 10.3. The van der Waals surface area contributed by atoms with Crippen molar-refractivity contribution < 1.29 is 4.42 Å². The summed E-state index contributed by atoms with van der Waals surface area (Å²) >= 11 is 0. The molecule has 0 aliphatic carbocycles. The monoisotopic (exact) mass is 363 g/mol. The Hall–Kier alpha value is -1.53. The van der Waals surface area contributed by atoms with Gasteiger partial charge in [0.1, 0.15) is 5.76 Å². The van der Waals surface area contributed by atoms with Crippen LogP contribution in [0.25, 0.3) is 0 Å². The van der Waals surface area contributed by atoms with Crippen LogP contribution in [0.2, 0.25) is 0 Å². The third-order valence-electron chi connectivity index (χ3n) is 5.08. The Morgan fingerprint density at radius 2 is 1.96 bits per heavy atom. The topological polar surface area (TPSA) is 56.0 Å². The van der Waals surface area contributed by atoms with Gasteiger partial charge in [-0.3, -0.25) is 9.89 Å². The van der Waals surface area contributed by atoms with Gasteiger partial charge in [0.2, 0.25) is 0 Å². The molecular formula is C20H37N5O. The maximum absolute atomic E-state index is 5.72. The number of aliphatic imine (C=N–C) groups is 1. The molecular weight excluding hydrogens is 326 g/mol. The van der Waals surface area contributed by atoms with E-state index in [9.17, 15) is 0 Å². The lowest BCUT2D eigenvalue weighted by molar-refractivity contribution is 0.150. The Morgan fingerprint density at radius 1 is 1.19 bits per heavy atom. The molecule has 2 heterocycles. The van der Waals surface area contributed by atoms with Gasteiger partial charge in [0, 0.05) is 19.6 Å². The third-order valence-corrected chi connectivity index (χ3v) is 5.08. The predicted octanol–water partition coefficient (Wildman–Crippen LogP) is 2.70. The molecule has 6 nitrogen and oxygen atoms in total. The molecule has 0 bridgehead atoms. The molecule has 1 saturated heterocycles. The fraction of sp³-hybridized carbons (Fsp3) is 0.750. The van der Waals surface area contributed by atoms with Crippen LogP contribution in [0.15, 0.2) is 27.8 Å². The van der Waals surface area contributed by atoms with E-state index in [0.29, 0.717) is 6.54 Å². The SMILES string of the molecule is CCNC(=NCC(c1ccco1)N1CCCCC1)NCCN(CC)CC. The van der Waals surface area contributed by atoms with Crippen LogP contribution in [0.3, 0.4) is 0 Å². The molecule has 0 radical (unpaired) electrons. The van der Waals surface area contributed by atoms with Gasteiger partial charge in [0.05, 0.1) is 18.8 Å². The summed E-state index contributed by atoms with van der Waals surface area (Å²) in [5.74, 6) is 1.92. The first kappa shape index (κ1) is 20.8. The van der Waals surface area contributed by atoms with Gasteiger partial charge < -0.3 is 20.0 Å². The van der Waals surface area contributed by atoms with Crippen molar-refractivity contribution in [3.05, 3.63) is 24.2 Å². The molecule has 148 valence electrons. The average molecular weight is 364 g/mol.